The van der Waals surface area contributed by atoms with Crippen LogP contribution in [0.4, 0.5) is 0 Å². The van der Waals surface area contributed by atoms with Crippen LogP contribution in [0.3, 0.4) is 0 Å². The van der Waals surface area contributed by atoms with E-state index in [1.54, 1.807) is 6.20 Å². The van der Waals surface area contributed by atoms with Gasteiger partial charge in [0.05, 0.1) is 12.2 Å². The first-order valence-electron chi connectivity index (χ1n) is 8.65. The van der Waals surface area contributed by atoms with Crippen LogP contribution in [0.15, 0.2) is 24.4 Å². The van der Waals surface area contributed by atoms with Crippen molar-refractivity contribution in [3.05, 3.63) is 41.5 Å². The van der Waals surface area contributed by atoms with Crippen molar-refractivity contribution in [2.75, 3.05) is 27.2 Å². The zero-order valence-electron chi connectivity index (χ0n) is 15.0. The van der Waals surface area contributed by atoms with Gasteiger partial charge < -0.3 is 14.5 Å². The molecule has 2 aromatic heterocycles. The van der Waals surface area contributed by atoms with Crippen molar-refractivity contribution in [1.82, 2.24) is 25.0 Å². The first kappa shape index (κ1) is 17.4. The van der Waals surface area contributed by atoms with E-state index in [1.807, 2.05) is 44.1 Å². The molecule has 0 radical (unpaired) electrons. The third-order valence-corrected chi connectivity index (χ3v) is 4.23. The molecule has 0 spiro atoms. The molecule has 2 aromatic rings. The van der Waals surface area contributed by atoms with Gasteiger partial charge in [0.2, 0.25) is 0 Å². The average Bonchev–Trinajstić information content (AvgIpc) is 3.23. The standard InChI is InChI=1S/C18H25N5O2/c1-4-13-10-17(21-20-13)18(24)23-8-6-16(12-23)25-15-5-7-19-14(9-15)11-22(2)3/h5,7,9-10,16H,4,6,8,11-12H2,1-3H3,(H,20,21). The summed E-state index contributed by atoms with van der Waals surface area (Å²) in [5.41, 5.74) is 2.42. The molecule has 1 N–H and O–H groups in total. The Bertz CT molecular complexity index is 728. The zero-order valence-corrected chi connectivity index (χ0v) is 15.0. The van der Waals surface area contributed by atoms with E-state index >= 15 is 0 Å². The summed E-state index contributed by atoms with van der Waals surface area (Å²) >= 11 is 0. The number of ether oxygens (including phenoxy) is 1. The molecule has 3 heterocycles. The topological polar surface area (TPSA) is 74.4 Å². The van der Waals surface area contributed by atoms with Crippen molar-refractivity contribution in [3.63, 3.8) is 0 Å². The van der Waals surface area contributed by atoms with Crippen molar-refractivity contribution >= 4 is 5.91 Å². The molecule has 0 aliphatic carbocycles. The second-order valence-electron chi connectivity index (χ2n) is 6.63. The normalized spacial score (nSPS) is 17.3. The number of rotatable bonds is 6. The van der Waals surface area contributed by atoms with Crippen molar-refractivity contribution in [3.8, 4) is 5.75 Å². The van der Waals surface area contributed by atoms with Crippen LogP contribution in [0, 0.1) is 0 Å². The molecule has 25 heavy (non-hydrogen) atoms. The van der Waals surface area contributed by atoms with Crippen LogP contribution in [0.2, 0.25) is 0 Å². The van der Waals surface area contributed by atoms with E-state index in [0.29, 0.717) is 18.8 Å². The van der Waals surface area contributed by atoms with Gasteiger partial charge in [-0.1, -0.05) is 6.92 Å². The fraction of sp³-hybridized carbons (Fsp3) is 0.500. The number of hydrogen-bond acceptors (Lipinski definition) is 5. The highest BCUT2D eigenvalue weighted by Crippen LogP contribution is 2.20. The Labute approximate surface area is 148 Å². The molecule has 1 aliphatic heterocycles. The number of likely N-dealkylation sites (tertiary alicyclic amines) is 1. The number of aromatic amines is 1. The number of aryl methyl sites for hydroxylation is 1. The van der Waals surface area contributed by atoms with E-state index in [1.165, 1.54) is 0 Å². The first-order valence-corrected chi connectivity index (χ1v) is 8.65. The van der Waals surface area contributed by atoms with Crippen LogP contribution in [-0.2, 0) is 13.0 Å². The zero-order chi connectivity index (χ0) is 17.8. The SMILES string of the molecule is CCc1cc(C(=O)N2CCC(Oc3ccnc(CN(C)C)c3)C2)n[nH]1. The molecule has 0 aromatic carbocycles. The van der Waals surface area contributed by atoms with E-state index in [0.717, 1.165) is 36.5 Å². The monoisotopic (exact) mass is 343 g/mol. The maximum atomic E-state index is 12.5. The summed E-state index contributed by atoms with van der Waals surface area (Å²) < 4.78 is 6.06. The molecule has 7 nitrogen and oxygen atoms in total. The van der Waals surface area contributed by atoms with Crippen LogP contribution in [0.25, 0.3) is 0 Å². The molecule has 1 atom stereocenters. The number of carbonyl (C=O) groups excluding carboxylic acids is 1. The summed E-state index contributed by atoms with van der Waals surface area (Å²) in [6, 6.07) is 5.66. The molecule has 0 saturated carbocycles. The Kier molecular flexibility index (Phi) is 5.33. The van der Waals surface area contributed by atoms with Gasteiger partial charge in [0.15, 0.2) is 0 Å². The fourth-order valence-electron chi connectivity index (χ4n) is 2.96. The van der Waals surface area contributed by atoms with Gasteiger partial charge >= 0.3 is 0 Å². The lowest BCUT2D eigenvalue weighted by Gasteiger charge is -2.17. The summed E-state index contributed by atoms with van der Waals surface area (Å²) in [4.78, 5) is 20.7. The van der Waals surface area contributed by atoms with Crippen molar-refractivity contribution in [2.24, 2.45) is 0 Å². The number of aromatic nitrogens is 3. The largest absolute Gasteiger partial charge is 0.488 e. The van der Waals surface area contributed by atoms with Crippen LogP contribution < -0.4 is 4.74 Å². The van der Waals surface area contributed by atoms with E-state index in [-0.39, 0.29) is 12.0 Å². The number of nitrogens with one attached hydrogen (secondary N) is 1. The third kappa shape index (κ3) is 4.36. The molecular formula is C18H25N5O2. The molecular weight excluding hydrogens is 318 g/mol. The highest BCUT2D eigenvalue weighted by Gasteiger charge is 2.29. The summed E-state index contributed by atoms with van der Waals surface area (Å²) in [5, 5.41) is 7.00. The molecule has 1 amide bonds. The fourth-order valence-corrected chi connectivity index (χ4v) is 2.96. The summed E-state index contributed by atoms with van der Waals surface area (Å²) in [7, 11) is 4.02. The minimum atomic E-state index is -0.0370. The Morgan fingerprint density at radius 2 is 2.28 bits per heavy atom. The second-order valence-corrected chi connectivity index (χ2v) is 6.63. The number of nitrogens with zero attached hydrogens (tertiary/aromatic N) is 4. The minimum Gasteiger partial charge on any atom is -0.488 e. The number of pyridine rings is 1. The summed E-state index contributed by atoms with van der Waals surface area (Å²) in [6.45, 7) is 4.07. The molecule has 1 aliphatic rings. The molecule has 1 saturated heterocycles. The van der Waals surface area contributed by atoms with Gasteiger partial charge in [-0.25, -0.2) is 0 Å². The van der Waals surface area contributed by atoms with Gasteiger partial charge in [-0.2, -0.15) is 5.10 Å². The molecule has 134 valence electrons. The van der Waals surface area contributed by atoms with Crippen LogP contribution >= 0.6 is 0 Å². The number of carbonyl (C=O) groups is 1. The van der Waals surface area contributed by atoms with E-state index < -0.39 is 0 Å². The number of H-pyrrole nitrogens is 1. The Balaban J connectivity index is 1.58. The summed E-state index contributed by atoms with van der Waals surface area (Å²) in [6.07, 6.45) is 3.43. The smallest absolute Gasteiger partial charge is 0.274 e. The Morgan fingerprint density at radius 1 is 1.44 bits per heavy atom. The number of hydrogen-bond donors (Lipinski definition) is 1. The van der Waals surface area contributed by atoms with Crippen molar-refractivity contribution in [1.29, 1.82) is 0 Å². The van der Waals surface area contributed by atoms with Crippen LogP contribution in [0.1, 0.15) is 35.2 Å². The van der Waals surface area contributed by atoms with E-state index in [2.05, 4.69) is 20.1 Å². The van der Waals surface area contributed by atoms with Gasteiger partial charge in [0, 0.05) is 37.5 Å². The predicted molar refractivity (Wildman–Crippen MR) is 94.5 cm³/mol. The Morgan fingerprint density at radius 3 is 3.00 bits per heavy atom. The quantitative estimate of drug-likeness (QED) is 0.864. The van der Waals surface area contributed by atoms with Crippen molar-refractivity contribution < 1.29 is 9.53 Å². The lowest BCUT2D eigenvalue weighted by molar-refractivity contribution is 0.0766. The van der Waals surface area contributed by atoms with Crippen molar-refractivity contribution in [2.45, 2.75) is 32.4 Å². The van der Waals surface area contributed by atoms with E-state index in [9.17, 15) is 4.79 Å². The van der Waals surface area contributed by atoms with Gasteiger partial charge in [-0.05, 0) is 32.6 Å². The molecule has 1 unspecified atom stereocenters. The molecule has 7 heteroatoms. The first-order chi connectivity index (χ1) is 12.0. The predicted octanol–water partition coefficient (Wildman–Crippen LogP) is 1.72. The lowest BCUT2D eigenvalue weighted by atomic mass is 10.3. The molecule has 3 rings (SSSR count). The third-order valence-electron chi connectivity index (χ3n) is 4.23. The van der Waals surface area contributed by atoms with Crippen LogP contribution in [0.5, 0.6) is 5.75 Å². The van der Waals surface area contributed by atoms with Gasteiger partial charge in [0.25, 0.3) is 5.91 Å². The molecule has 1 fully saturated rings. The highest BCUT2D eigenvalue weighted by atomic mass is 16.5. The van der Waals surface area contributed by atoms with E-state index in [4.69, 9.17) is 4.74 Å². The second kappa shape index (κ2) is 7.65. The number of amides is 1. The van der Waals surface area contributed by atoms with Gasteiger partial charge in [-0.15, -0.1) is 0 Å². The average molecular weight is 343 g/mol. The summed E-state index contributed by atoms with van der Waals surface area (Å²) in [5.74, 6) is 0.768. The minimum absolute atomic E-state index is 0.00291. The van der Waals surface area contributed by atoms with Gasteiger partial charge in [-0.3, -0.25) is 14.9 Å². The highest BCUT2D eigenvalue weighted by molar-refractivity contribution is 5.92. The maximum Gasteiger partial charge on any atom is 0.274 e. The molecule has 0 bridgehead atoms. The Hall–Kier alpha value is -2.41. The lowest BCUT2D eigenvalue weighted by Crippen LogP contribution is -2.31. The maximum absolute atomic E-state index is 12.5. The van der Waals surface area contributed by atoms with Crippen LogP contribution in [-0.4, -0.2) is 64.2 Å². The van der Waals surface area contributed by atoms with Gasteiger partial charge in [0.1, 0.15) is 17.5 Å².